The molecule has 0 saturated carbocycles. The molecule has 4 rings (SSSR count). The van der Waals surface area contributed by atoms with Crippen LogP contribution in [0.15, 0.2) is 60.7 Å². The van der Waals surface area contributed by atoms with E-state index in [4.69, 9.17) is 9.47 Å². The lowest BCUT2D eigenvalue weighted by atomic mass is 9.96. The van der Waals surface area contributed by atoms with E-state index in [0.29, 0.717) is 5.56 Å². The summed E-state index contributed by atoms with van der Waals surface area (Å²) in [5.74, 6) is 0.790. The number of methoxy groups -OCH3 is 1. The summed E-state index contributed by atoms with van der Waals surface area (Å²) < 4.78 is 11.4. The highest BCUT2D eigenvalue weighted by Gasteiger charge is 2.33. The van der Waals surface area contributed by atoms with Crippen LogP contribution in [0.1, 0.15) is 39.3 Å². The first-order valence-corrected chi connectivity index (χ1v) is 11.6. The second-order valence-corrected chi connectivity index (χ2v) is 8.75. The van der Waals surface area contributed by atoms with Crippen molar-refractivity contribution in [3.05, 3.63) is 82.2 Å². The minimum atomic E-state index is -0.0814. The third-order valence-electron chi connectivity index (χ3n) is 5.73. The van der Waals surface area contributed by atoms with Crippen molar-refractivity contribution in [1.29, 1.82) is 0 Å². The summed E-state index contributed by atoms with van der Waals surface area (Å²) in [6.07, 6.45) is 0.927. The van der Waals surface area contributed by atoms with E-state index >= 15 is 0 Å². The first kappa shape index (κ1) is 21.6. The Morgan fingerprint density at radius 2 is 1.81 bits per heavy atom. The number of carbonyl (C=O) groups excluding carboxylic acids is 1. The average molecular weight is 438 g/mol. The van der Waals surface area contributed by atoms with E-state index in [1.54, 1.807) is 18.4 Å². The Morgan fingerprint density at radius 1 is 1.10 bits per heavy atom. The third-order valence-corrected chi connectivity index (χ3v) is 6.94. The Balaban J connectivity index is 1.77. The molecule has 1 aromatic heterocycles. The van der Waals surface area contributed by atoms with Gasteiger partial charge in [-0.05, 0) is 36.8 Å². The van der Waals surface area contributed by atoms with Crippen LogP contribution in [0, 0.1) is 0 Å². The molecule has 1 atom stereocenters. The zero-order valence-electron chi connectivity index (χ0n) is 18.0. The summed E-state index contributed by atoms with van der Waals surface area (Å²) in [4.78, 5) is 15.6. The predicted molar refractivity (Wildman–Crippen MR) is 124 cm³/mol. The molecule has 1 fully saturated rings. The van der Waals surface area contributed by atoms with Gasteiger partial charge in [0.15, 0.2) is 0 Å². The maximum absolute atomic E-state index is 13.0. The van der Waals surface area contributed by atoms with Crippen molar-refractivity contribution >= 4 is 22.2 Å². The average Bonchev–Trinajstić information content (AvgIpc) is 3.23. The number of thiophene rings is 1. The van der Waals surface area contributed by atoms with Crippen molar-refractivity contribution in [2.45, 2.75) is 19.4 Å². The van der Waals surface area contributed by atoms with Gasteiger partial charge in [-0.25, -0.2) is 0 Å². The number of benzene rings is 2. The monoisotopic (exact) mass is 437 g/mol. The Bertz CT molecular complexity index is 1010. The van der Waals surface area contributed by atoms with E-state index in [2.05, 4.69) is 30.4 Å². The van der Waals surface area contributed by atoms with Crippen LogP contribution >= 0.6 is 11.3 Å². The van der Waals surface area contributed by atoms with Gasteiger partial charge in [0.2, 0.25) is 0 Å². The van der Waals surface area contributed by atoms with E-state index in [1.807, 2.05) is 42.5 Å². The standard InChI is InChI=1S/C25H28N2O3S/c1-3-19-17-21(25(31-19)26-24(28)18-9-5-4-6-10-18)23(27-13-15-30-16-14-27)20-11-7-8-12-22(20)29-2/h4-12,17,23H,3,13-16H2,1-2H3,(H,26,28)/p+1/t23-/m1/s1. The Morgan fingerprint density at radius 3 is 2.52 bits per heavy atom. The summed E-state index contributed by atoms with van der Waals surface area (Å²) in [5.41, 5.74) is 2.94. The van der Waals surface area contributed by atoms with Crippen molar-refractivity contribution in [2.24, 2.45) is 0 Å². The fraction of sp³-hybridized carbons (Fsp3) is 0.320. The molecular formula is C25H29N2O3S+. The molecule has 162 valence electrons. The number of amides is 1. The van der Waals surface area contributed by atoms with Gasteiger partial charge in [-0.3, -0.25) is 4.79 Å². The Kier molecular flexibility index (Phi) is 7.02. The van der Waals surface area contributed by atoms with Crippen LogP contribution in [0.4, 0.5) is 5.00 Å². The summed E-state index contributed by atoms with van der Waals surface area (Å²) in [5, 5.41) is 4.12. The Hall–Kier alpha value is -2.67. The molecule has 1 amide bonds. The fourth-order valence-corrected chi connectivity index (χ4v) is 5.17. The molecule has 6 heteroatoms. The number of rotatable bonds is 7. The highest BCUT2D eigenvalue weighted by atomic mass is 32.1. The van der Waals surface area contributed by atoms with Gasteiger partial charge in [0.1, 0.15) is 29.9 Å². The number of ether oxygens (including phenoxy) is 2. The number of para-hydroxylation sites is 1. The molecule has 2 N–H and O–H groups in total. The first-order valence-electron chi connectivity index (χ1n) is 10.8. The van der Waals surface area contributed by atoms with Gasteiger partial charge in [0, 0.05) is 16.0 Å². The van der Waals surface area contributed by atoms with Gasteiger partial charge in [-0.2, -0.15) is 0 Å². The highest BCUT2D eigenvalue weighted by molar-refractivity contribution is 7.16. The molecule has 3 aromatic rings. The molecule has 0 spiro atoms. The second kappa shape index (κ2) is 10.1. The molecule has 5 nitrogen and oxygen atoms in total. The number of morpholine rings is 1. The zero-order valence-corrected chi connectivity index (χ0v) is 18.8. The Labute approximate surface area is 187 Å². The van der Waals surface area contributed by atoms with Crippen molar-refractivity contribution in [2.75, 3.05) is 38.7 Å². The van der Waals surface area contributed by atoms with Gasteiger partial charge < -0.3 is 19.7 Å². The normalized spacial score (nSPS) is 15.4. The summed E-state index contributed by atoms with van der Waals surface area (Å²) in [6.45, 7) is 5.44. The molecule has 31 heavy (non-hydrogen) atoms. The van der Waals surface area contributed by atoms with Crippen LogP contribution in [-0.4, -0.2) is 39.3 Å². The van der Waals surface area contributed by atoms with Crippen LogP contribution < -0.4 is 15.0 Å². The van der Waals surface area contributed by atoms with Gasteiger partial charge in [-0.1, -0.05) is 37.3 Å². The number of nitrogens with one attached hydrogen (secondary N) is 2. The number of carbonyl (C=O) groups is 1. The summed E-state index contributed by atoms with van der Waals surface area (Å²) in [6, 6.07) is 19.9. The molecule has 0 bridgehead atoms. The van der Waals surface area contributed by atoms with Gasteiger partial charge in [-0.15, -0.1) is 11.3 Å². The van der Waals surface area contributed by atoms with Crippen molar-refractivity contribution < 1.29 is 19.2 Å². The summed E-state index contributed by atoms with van der Waals surface area (Å²) in [7, 11) is 1.72. The molecular weight excluding hydrogens is 408 g/mol. The fourth-order valence-electron chi connectivity index (χ4n) is 4.14. The molecule has 0 unspecified atom stereocenters. The topological polar surface area (TPSA) is 52.0 Å². The maximum Gasteiger partial charge on any atom is 0.256 e. The van der Waals surface area contributed by atoms with Crippen LogP contribution in [0.25, 0.3) is 0 Å². The highest BCUT2D eigenvalue weighted by Crippen LogP contribution is 2.38. The van der Waals surface area contributed by atoms with Crippen LogP contribution in [-0.2, 0) is 11.2 Å². The zero-order chi connectivity index (χ0) is 21.6. The smallest absolute Gasteiger partial charge is 0.256 e. The SMILES string of the molecule is CCc1cc([C@@H](c2ccccc2OC)[NH+]2CCOCC2)c(NC(=O)c2ccccc2)s1. The number of hydrogen-bond donors (Lipinski definition) is 2. The lowest BCUT2D eigenvalue weighted by Gasteiger charge is -2.32. The van der Waals surface area contributed by atoms with E-state index in [-0.39, 0.29) is 11.9 Å². The van der Waals surface area contributed by atoms with E-state index in [9.17, 15) is 4.79 Å². The lowest BCUT2D eigenvalue weighted by Crippen LogP contribution is -3.14. The van der Waals surface area contributed by atoms with E-state index in [1.165, 1.54) is 9.78 Å². The predicted octanol–water partition coefficient (Wildman–Crippen LogP) is 3.58. The minimum Gasteiger partial charge on any atom is -0.496 e. The number of hydrogen-bond acceptors (Lipinski definition) is 4. The quantitative estimate of drug-likeness (QED) is 0.594. The molecule has 0 aliphatic carbocycles. The van der Waals surface area contributed by atoms with Gasteiger partial charge >= 0.3 is 0 Å². The van der Waals surface area contributed by atoms with Gasteiger partial charge in [0.25, 0.3) is 5.91 Å². The molecule has 1 saturated heterocycles. The summed E-state index contributed by atoms with van der Waals surface area (Å²) >= 11 is 1.67. The maximum atomic E-state index is 13.0. The molecule has 0 radical (unpaired) electrons. The van der Waals surface area contributed by atoms with Crippen LogP contribution in [0.3, 0.4) is 0 Å². The number of quaternary nitrogens is 1. The van der Waals surface area contributed by atoms with Crippen LogP contribution in [0.2, 0.25) is 0 Å². The van der Waals surface area contributed by atoms with Crippen molar-refractivity contribution in [1.82, 2.24) is 0 Å². The van der Waals surface area contributed by atoms with E-state index in [0.717, 1.165) is 54.6 Å². The third kappa shape index (κ3) is 4.82. The molecule has 2 aromatic carbocycles. The number of aryl methyl sites for hydroxylation is 1. The lowest BCUT2D eigenvalue weighted by molar-refractivity contribution is -0.933. The van der Waals surface area contributed by atoms with E-state index < -0.39 is 0 Å². The molecule has 1 aliphatic rings. The van der Waals surface area contributed by atoms with Gasteiger partial charge in [0.05, 0.1) is 25.9 Å². The molecule has 2 heterocycles. The van der Waals surface area contributed by atoms with Crippen molar-refractivity contribution in [3.8, 4) is 5.75 Å². The number of anilines is 1. The largest absolute Gasteiger partial charge is 0.496 e. The molecule has 1 aliphatic heterocycles. The minimum absolute atomic E-state index is 0.0580. The first-order chi connectivity index (χ1) is 15.2. The second-order valence-electron chi connectivity index (χ2n) is 7.62. The van der Waals surface area contributed by atoms with Crippen molar-refractivity contribution in [3.63, 3.8) is 0 Å². The van der Waals surface area contributed by atoms with Crippen LogP contribution in [0.5, 0.6) is 5.75 Å².